The van der Waals surface area contributed by atoms with Gasteiger partial charge in [-0.3, -0.25) is 4.79 Å². The highest BCUT2D eigenvalue weighted by atomic mass is 16.2. The fourth-order valence-corrected chi connectivity index (χ4v) is 3.16. The molecule has 1 aliphatic heterocycles. The molecule has 0 bridgehead atoms. The molecular formula is C17H26N2O. The third kappa shape index (κ3) is 2.88. The Morgan fingerprint density at radius 1 is 1.40 bits per heavy atom. The van der Waals surface area contributed by atoms with Gasteiger partial charge in [0.1, 0.15) is 0 Å². The lowest BCUT2D eigenvalue weighted by molar-refractivity contribution is 0.0631. The van der Waals surface area contributed by atoms with E-state index in [2.05, 4.69) is 25.2 Å². The van der Waals surface area contributed by atoms with E-state index in [0.29, 0.717) is 12.0 Å². The fourth-order valence-electron chi connectivity index (χ4n) is 3.16. The van der Waals surface area contributed by atoms with E-state index in [4.69, 9.17) is 0 Å². The van der Waals surface area contributed by atoms with Crippen LogP contribution in [0.2, 0.25) is 0 Å². The molecule has 0 radical (unpaired) electrons. The molecule has 2 unspecified atom stereocenters. The number of hydrogen-bond donors (Lipinski definition) is 1. The van der Waals surface area contributed by atoms with Gasteiger partial charge in [-0.25, -0.2) is 0 Å². The molecular weight excluding hydrogens is 248 g/mol. The first kappa shape index (κ1) is 15.0. The van der Waals surface area contributed by atoms with E-state index in [1.165, 1.54) is 5.56 Å². The summed E-state index contributed by atoms with van der Waals surface area (Å²) in [4.78, 5) is 14.8. The first-order valence-corrected chi connectivity index (χ1v) is 7.61. The number of aryl methyl sites for hydroxylation is 1. The molecule has 1 N–H and O–H groups in total. The molecule has 1 aromatic carbocycles. The maximum atomic E-state index is 12.7. The van der Waals surface area contributed by atoms with Crippen LogP contribution in [0.25, 0.3) is 0 Å². The maximum absolute atomic E-state index is 12.7. The summed E-state index contributed by atoms with van der Waals surface area (Å²) in [6.45, 7) is 8.04. The molecule has 110 valence electrons. The fraction of sp³-hybridized carbons (Fsp3) is 0.588. The highest BCUT2D eigenvalue weighted by Gasteiger charge is 2.30. The zero-order valence-electron chi connectivity index (χ0n) is 13.1. The van der Waals surface area contributed by atoms with Crippen LogP contribution >= 0.6 is 0 Å². The largest absolute Gasteiger partial charge is 0.338 e. The van der Waals surface area contributed by atoms with Gasteiger partial charge in [0.15, 0.2) is 0 Å². The van der Waals surface area contributed by atoms with Crippen LogP contribution in [0.5, 0.6) is 0 Å². The van der Waals surface area contributed by atoms with Crippen LogP contribution in [0.15, 0.2) is 18.2 Å². The lowest BCUT2D eigenvalue weighted by Crippen LogP contribution is -2.50. The Kier molecular flexibility index (Phi) is 4.81. The number of nitrogens with one attached hydrogen (secondary N) is 1. The van der Waals surface area contributed by atoms with Crippen molar-refractivity contribution in [3.8, 4) is 0 Å². The second kappa shape index (κ2) is 6.40. The molecule has 1 aliphatic rings. The molecule has 0 aliphatic carbocycles. The normalized spacial score (nSPS) is 22.9. The van der Waals surface area contributed by atoms with Crippen LogP contribution in [-0.4, -0.2) is 37.0 Å². The Morgan fingerprint density at radius 2 is 2.15 bits per heavy atom. The number of piperidine rings is 1. The second-order valence-electron chi connectivity index (χ2n) is 5.85. The molecule has 3 heteroatoms. The van der Waals surface area contributed by atoms with E-state index in [-0.39, 0.29) is 5.91 Å². The second-order valence-corrected chi connectivity index (χ2v) is 5.85. The van der Waals surface area contributed by atoms with Crippen LogP contribution in [-0.2, 0) is 0 Å². The first-order chi connectivity index (χ1) is 9.58. The van der Waals surface area contributed by atoms with Crippen molar-refractivity contribution in [1.82, 2.24) is 10.2 Å². The van der Waals surface area contributed by atoms with Gasteiger partial charge < -0.3 is 10.2 Å². The minimum absolute atomic E-state index is 0.194. The monoisotopic (exact) mass is 274 g/mol. The van der Waals surface area contributed by atoms with E-state index >= 15 is 0 Å². The summed E-state index contributed by atoms with van der Waals surface area (Å²) in [7, 11) is 2.02. The van der Waals surface area contributed by atoms with Crippen LogP contribution in [0.1, 0.15) is 41.3 Å². The van der Waals surface area contributed by atoms with Crippen molar-refractivity contribution in [2.45, 2.75) is 39.7 Å². The molecule has 20 heavy (non-hydrogen) atoms. The number of amides is 1. The van der Waals surface area contributed by atoms with Crippen LogP contribution in [0.3, 0.4) is 0 Å². The highest BCUT2D eigenvalue weighted by molar-refractivity contribution is 5.96. The van der Waals surface area contributed by atoms with Crippen molar-refractivity contribution in [2.24, 2.45) is 5.92 Å². The summed E-state index contributed by atoms with van der Waals surface area (Å²) in [6, 6.07) is 6.54. The van der Waals surface area contributed by atoms with Gasteiger partial charge in [-0.2, -0.15) is 0 Å². The topological polar surface area (TPSA) is 32.3 Å². The van der Waals surface area contributed by atoms with E-state index in [9.17, 15) is 4.79 Å². The van der Waals surface area contributed by atoms with Crippen molar-refractivity contribution in [2.75, 3.05) is 20.1 Å². The molecule has 2 atom stereocenters. The van der Waals surface area contributed by atoms with Crippen molar-refractivity contribution >= 4 is 5.91 Å². The van der Waals surface area contributed by atoms with E-state index in [0.717, 1.165) is 37.1 Å². The van der Waals surface area contributed by atoms with Crippen LogP contribution < -0.4 is 5.32 Å². The molecule has 2 rings (SSSR count). The maximum Gasteiger partial charge on any atom is 0.254 e. The number of carbonyl (C=O) groups excluding carboxylic acids is 1. The molecule has 1 aromatic rings. The Balaban J connectivity index is 2.16. The van der Waals surface area contributed by atoms with Crippen LogP contribution in [0.4, 0.5) is 0 Å². The zero-order chi connectivity index (χ0) is 14.7. The highest BCUT2D eigenvalue weighted by Crippen LogP contribution is 2.23. The third-order valence-corrected chi connectivity index (χ3v) is 4.75. The predicted octanol–water partition coefficient (Wildman–Crippen LogP) is 2.76. The summed E-state index contributed by atoms with van der Waals surface area (Å²) in [6.07, 6.45) is 2.16. The Morgan fingerprint density at radius 3 is 2.80 bits per heavy atom. The minimum atomic E-state index is 0.194. The molecule has 1 saturated heterocycles. The Bertz CT molecular complexity index is 484. The van der Waals surface area contributed by atoms with Crippen molar-refractivity contribution in [1.29, 1.82) is 0 Å². The van der Waals surface area contributed by atoms with Gasteiger partial charge in [-0.15, -0.1) is 0 Å². The number of carbonyl (C=O) groups is 1. The summed E-state index contributed by atoms with van der Waals surface area (Å²) < 4.78 is 0. The first-order valence-electron chi connectivity index (χ1n) is 7.61. The Labute approximate surface area is 122 Å². The number of likely N-dealkylation sites (tertiary alicyclic amines) is 1. The smallest absolute Gasteiger partial charge is 0.254 e. The molecule has 1 heterocycles. The zero-order valence-corrected chi connectivity index (χ0v) is 13.1. The van der Waals surface area contributed by atoms with Crippen LogP contribution in [0, 0.1) is 19.8 Å². The summed E-state index contributed by atoms with van der Waals surface area (Å²) in [5.41, 5.74) is 3.16. The SMILES string of the molecule is CCC1CN(C(=O)c2cccc(C)c2C)CCC1NC. The average Bonchev–Trinajstić information content (AvgIpc) is 2.48. The summed E-state index contributed by atoms with van der Waals surface area (Å²) in [5, 5.41) is 3.39. The molecule has 1 fully saturated rings. The number of nitrogens with zero attached hydrogens (tertiary/aromatic N) is 1. The molecule has 1 amide bonds. The average molecular weight is 274 g/mol. The molecule has 0 saturated carbocycles. The lowest BCUT2D eigenvalue weighted by atomic mass is 9.89. The van der Waals surface area contributed by atoms with Crippen molar-refractivity contribution < 1.29 is 4.79 Å². The molecule has 3 nitrogen and oxygen atoms in total. The minimum Gasteiger partial charge on any atom is -0.338 e. The van der Waals surface area contributed by atoms with Gasteiger partial charge in [-0.1, -0.05) is 25.5 Å². The predicted molar refractivity (Wildman–Crippen MR) is 83.1 cm³/mol. The number of rotatable bonds is 3. The quantitative estimate of drug-likeness (QED) is 0.919. The molecule has 0 spiro atoms. The van der Waals surface area contributed by atoms with Crippen molar-refractivity contribution in [3.05, 3.63) is 34.9 Å². The van der Waals surface area contributed by atoms with E-state index < -0.39 is 0 Å². The van der Waals surface area contributed by atoms with Gasteiger partial charge in [-0.05, 0) is 50.4 Å². The van der Waals surface area contributed by atoms with E-state index in [1.807, 2.05) is 31.0 Å². The lowest BCUT2D eigenvalue weighted by Gasteiger charge is -2.38. The van der Waals surface area contributed by atoms with Gasteiger partial charge in [0.05, 0.1) is 0 Å². The summed E-state index contributed by atoms with van der Waals surface area (Å²) in [5.74, 6) is 0.752. The number of hydrogen-bond acceptors (Lipinski definition) is 2. The van der Waals surface area contributed by atoms with Gasteiger partial charge in [0, 0.05) is 24.7 Å². The van der Waals surface area contributed by atoms with Gasteiger partial charge >= 0.3 is 0 Å². The van der Waals surface area contributed by atoms with E-state index in [1.54, 1.807) is 0 Å². The number of benzene rings is 1. The molecule has 0 aromatic heterocycles. The standard InChI is InChI=1S/C17H26N2O/c1-5-14-11-19(10-9-16(14)18-4)17(20)15-8-6-7-12(2)13(15)3/h6-8,14,16,18H,5,9-11H2,1-4H3. The van der Waals surface area contributed by atoms with Gasteiger partial charge in [0.2, 0.25) is 0 Å². The van der Waals surface area contributed by atoms with Gasteiger partial charge in [0.25, 0.3) is 5.91 Å². The third-order valence-electron chi connectivity index (χ3n) is 4.75. The Hall–Kier alpha value is -1.35. The summed E-state index contributed by atoms with van der Waals surface area (Å²) >= 11 is 0. The van der Waals surface area contributed by atoms with Crippen molar-refractivity contribution in [3.63, 3.8) is 0 Å².